The number of H-pyrrole nitrogens is 1. The molecule has 3 aromatic rings. The lowest BCUT2D eigenvalue weighted by atomic mass is 9.86. The predicted molar refractivity (Wildman–Crippen MR) is 119 cm³/mol. The lowest BCUT2D eigenvalue weighted by Gasteiger charge is -2.20. The van der Waals surface area contributed by atoms with Gasteiger partial charge in [0.25, 0.3) is 5.91 Å². The van der Waals surface area contributed by atoms with Gasteiger partial charge in [-0.25, -0.2) is 0 Å². The standard InChI is InChI=1S/C21H20F3N3O2.HI/c22-21(23,24)29-15-3-1-2-13(9-15)20(28)26-14-5-7-19-17(10-14)16-8-12(11-25)4-6-18(16)27-19;/h1-3,5,7,9-10,12,27H,4,6,8,11,25H2,(H,26,28);1H. The fraction of sp³-hybridized carbons (Fsp3) is 0.286. The Balaban J connectivity index is 0.00000256. The molecule has 0 bridgehead atoms. The number of benzene rings is 2. The molecule has 1 aromatic heterocycles. The second kappa shape index (κ2) is 8.84. The quantitative estimate of drug-likeness (QED) is 0.415. The van der Waals surface area contributed by atoms with Gasteiger partial charge in [-0.1, -0.05) is 6.07 Å². The van der Waals surface area contributed by atoms with Crippen LogP contribution < -0.4 is 15.8 Å². The van der Waals surface area contributed by atoms with E-state index in [1.165, 1.54) is 23.4 Å². The van der Waals surface area contributed by atoms with Crippen LogP contribution in [0.5, 0.6) is 5.75 Å². The van der Waals surface area contributed by atoms with E-state index < -0.39 is 18.0 Å². The maximum absolute atomic E-state index is 12.5. The highest BCUT2D eigenvalue weighted by Crippen LogP contribution is 2.33. The Morgan fingerprint density at radius 3 is 2.77 bits per heavy atom. The summed E-state index contributed by atoms with van der Waals surface area (Å²) in [6.07, 6.45) is -1.93. The molecule has 4 rings (SSSR count). The van der Waals surface area contributed by atoms with Crippen LogP contribution in [-0.4, -0.2) is 23.8 Å². The largest absolute Gasteiger partial charge is 0.573 e. The van der Waals surface area contributed by atoms with Crippen molar-refractivity contribution in [1.82, 2.24) is 4.98 Å². The van der Waals surface area contributed by atoms with E-state index >= 15 is 0 Å². The highest BCUT2D eigenvalue weighted by Gasteiger charge is 2.31. The molecule has 4 N–H and O–H groups in total. The molecule has 0 saturated carbocycles. The molecule has 1 atom stereocenters. The van der Waals surface area contributed by atoms with E-state index in [9.17, 15) is 18.0 Å². The van der Waals surface area contributed by atoms with Crippen molar-refractivity contribution in [3.05, 3.63) is 59.3 Å². The number of hydrogen-bond acceptors (Lipinski definition) is 3. The van der Waals surface area contributed by atoms with Crippen molar-refractivity contribution in [2.75, 3.05) is 11.9 Å². The molecule has 2 aromatic carbocycles. The van der Waals surface area contributed by atoms with Crippen LogP contribution in [0.3, 0.4) is 0 Å². The molecule has 1 heterocycles. The number of ether oxygens (including phenoxy) is 1. The first-order valence-corrected chi connectivity index (χ1v) is 9.33. The van der Waals surface area contributed by atoms with Gasteiger partial charge in [-0.2, -0.15) is 0 Å². The number of halogens is 4. The molecule has 9 heteroatoms. The lowest BCUT2D eigenvalue weighted by molar-refractivity contribution is -0.274. The average Bonchev–Trinajstić information content (AvgIpc) is 3.04. The summed E-state index contributed by atoms with van der Waals surface area (Å²) in [4.78, 5) is 15.9. The van der Waals surface area contributed by atoms with Gasteiger partial charge in [0.1, 0.15) is 5.75 Å². The van der Waals surface area contributed by atoms with E-state index in [0.29, 0.717) is 18.2 Å². The van der Waals surface area contributed by atoms with Crippen molar-refractivity contribution in [1.29, 1.82) is 0 Å². The summed E-state index contributed by atoms with van der Waals surface area (Å²) in [7, 11) is 0. The number of anilines is 1. The molecule has 1 unspecified atom stereocenters. The van der Waals surface area contributed by atoms with Gasteiger partial charge in [0.15, 0.2) is 0 Å². The van der Waals surface area contributed by atoms with E-state index in [-0.39, 0.29) is 29.5 Å². The highest BCUT2D eigenvalue weighted by molar-refractivity contribution is 14.0. The Hall–Kier alpha value is -2.27. The summed E-state index contributed by atoms with van der Waals surface area (Å²) in [6.45, 7) is 0.638. The predicted octanol–water partition coefficient (Wildman–Crippen LogP) is 5.00. The fourth-order valence-electron chi connectivity index (χ4n) is 3.81. The third kappa shape index (κ3) is 4.89. The lowest BCUT2D eigenvalue weighted by Crippen LogP contribution is -2.21. The first-order valence-electron chi connectivity index (χ1n) is 9.33. The van der Waals surface area contributed by atoms with Crippen molar-refractivity contribution in [2.45, 2.75) is 25.6 Å². The van der Waals surface area contributed by atoms with Gasteiger partial charge in [-0.3, -0.25) is 4.79 Å². The molecule has 1 aliphatic rings. The highest BCUT2D eigenvalue weighted by atomic mass is 127. The molecule has 0 spiro atoms. The van der Waals surface area contributed by atoms with E-state index in [1.807, 2.05) is 12.1 Å². The maximum Gasteiger partial charge on any atom is 0.573 e. The minimum Gasteiger partial charge on any atom is -0.406 e. The number of aromatic nitrogens is 1. The normalized spacial score (nSPS) is 15.9. The molecule has 0 fully saturated rings. The number of nitrogens with one attached hydrogen (secondary N) is 2. The van der Waals surface area contributed by atoms with Gasteiger partial charge < -0.3 is 20.8 Å². The van der Waals surface area contributed by atoms with E-state index in [2.05, 4.69) is 15.0 Å². The van der Waals surface area contributed by atoms with Crippen LogP contribution in [0.15, 0.2) is 42.5 Å². The summed E-state index contributed by atoms with van der Waals surface area (Å²) < 4.78 is 41.1. The SMILES string of the molecule is I.NCC1CCc2[nH]c3ccc(NC(=O)c4cccc(OC(F)(F)F)c4)cc3c2C1. The van der Waals surface area contributed by atoms with Crippen LogP contribution in [0.25, 0.3) is 10.9 Å². The number of nitrogens with two attached hydrogens (primary N) is 1. The van der Waals surface area contributed by atoms with Gasteiger partial charge in [0.05, 0.1) is 0 Å². The van der Waals surface area contributed by atoms with Gasteiger partial charge in [0, 0.05) is 27.8 Å². The van der Waals surface area contributed by atoms with Crippen LogP contribution >= 0.6 is 24.0 Å². The van der Waals surface area contributed by atoms with Gasteiger partial charge >= 0.3 is 6.36 Å². The second-order valence-corrected chi connectivity index (χ2v) is 7.22. The summed E-state index contributed by atoms with van der Waals surface area (Å²) in [6, 6.07) is 10.5. The van der Waals surface area contributed by atoms with Crippen LogP contribution in [0.2, 0.25) is 0 Å². The molecule has 1 amide bonds. The van der Waals surface area contributed by atoms with Crippen LogP contribution in [0.4, 0.5) is 18.9 Å². The number of fused-ring (bicyclic) bond motifs is 3. The molecule has 5 nitrogen and oxygen atoms in total. The number of hydrogen-bond donors (Lipinski definition) is 3. The Bertz CT molecular complexity index is 1070. The minimum absolute atomic E-state index is 0. The van der Waals surface area contributed by atoms with Gasteiger partial charge in [-0.05, 0) is 73.7 Å². The fourth-order valence-corrected chi connectivity index (χ4v) is 3.81. The smallest absolute Gasteiger partial charge is 0.406 e. The molecule has 0 saturated heterocycles. The Kier molecular flexibility index (Phi) is 6.61. The Morgan fingerprint density at radius 1 is 1.23 bits per heavy atom. The number of carbonyl (C=O) groups excluding carboxylic acids is 1. The van der Waals surface area contributed by atoms with Crippen molar-refractivity contribution in [3.8, 4) is 5.75 Å². The summed E-state index contributed by atoms with van der Waals surface area (Å²) >= 11 is 0. The van der Waals surface area contributed by atoms with Crippen LogP contribution in [-0.2, 0) is 12.8 Å². The zero-order chi connectivity index (χ0) is 20.6. The molecule has 160 valence electrons. The van der Waals surface area contributed by atoms with E-state index in [1.54, 1.807) is 6.07 Å². The zero-order valence-corrected chi connectivity index (χ0v) is 18.2. The van der Waals surface area contributed by atoms with Crippen LogP contribution in [0.1, 0.15) is 28.0 Å². The summed E-state index contributed by atoms with van der Waals surface area (Å²) in [5.74, 6) is -0.509. The van der Waals surface area contributed by atoms with Gasteiger partial charge in [0.2, 0.25) is 0 Å². The zero-order valence-electron chi connectivity index (χ0n) is 15.9. The van der Waals surface area contributed by atoms with E-state index in [4.69, 9.17) is 5.73 Å². The first kappa shape index (κ1) is 22.4. The topological polar surface area (TPSA) is 80.1 Å². The van der Waals surface area contributed by atoms with Crippen molar-refractivity contribution in [2.24, 2.45) is 11.7 Å². The van der Waals surface area contributed by atoms with Crippen molar-refractivity contribution < 1.29 is 22.7 Å². The number of amides is 1. The first-order chi connectivity index (χ1) is 13.8. The summed E-state index contributed by atoms with van der Waals surface area (Å²) in [5.41, 5.74) is 9.89. The molecule has 0 radical (unpaired) electrons. The number of aryl methyl sites for hydroxylation is 1. The summed E-state index contributed by atoms with van der Waals surface area (Å²) in [5, 5.41) is 3.78. The minimum atomic E-state index is -4.81. The van der Waals surface area contributed by atoms with E-state index in [0.717, 1.165) is 42.3 Å². The second-order valence-electron chi connectivity index (χ2n) is 7.22. The van der Waals surface area contributed by atoms with Crippen molar-refractivity contribution in [3.63, 3.8) is 0 Å². The molecular formula is C21H21F3IN3O2. The Labute approximate surface area is 188 Å². The number of carbonyl (C=O) groups is 1. The monoisotopic (exact) mass is 531 g/mol. The Morgan fingerprint density at radius 2 is 2.03 bits per heavy atom. The number of rotatable bonds is 4. The van der Waals surface area contributed by atoms with Crippen molar-refractivity contribution >= 4 is 46.5 Å². The molecule has 1 aliphatic carbocycles. The van der Waals surface area contributed by atoms with Crippen LogP contribution in [0, 0.1) is 5.92 Å². The third-order valence-electron chi connectivity index (χ3n) is 5.21. The number of aromatic amines is 1. The number of alkyl halides is 3. The molecular weight excluding hydrogens is 510 g/mol. The third-order valence-corrected chi connectivity index (χ3v) is 5.21. The maximum atomic E-state index is 12.5. The molecule has 0 aliphatic heterocycles. The average molecular weight is 531 g/mol. The molecule has 30 heavy (non-hydrogen) atoms. The van der Waals surface area contributed by atoms with Gasteiger partial charge in [-0.15, -0.1) is 37.1 Å².